The molecule has 0 saturated carbocycles. The van der Waals surface area contributed by atoms with E-state index in [4.69, 9.17) is 10.5 Å². The van der Waals surface area contributed by atoms with E-state index >= 15 is 0 Å². The summed E-state index contributed by atoms with van der Waals surface area (Å²) in [6.45, 7) is 0.811. The van der Waals surface area contributed by atoms with Crippen LogP contribution in [0.4, 0.5) is 11.4 Å². The fourth-order valence-electron chi connectivity index (χ4n) is 1.81. The lowest BCUT2D eigenvalue weighted by molar-refractivity contribution is 0.410. The molecule has 94 valence electrons. The summed E-state index contributed by atoms with van der Waals surface area (Å²) in [6, 6.07) is 9.89. The van der Waals surface area contributed by atoms with E-state index in [1.54, 1.807) is 19.5 Å². The van der Waals surface area contributed by atoms with Gasteiger partial charge in [-0.15, -0.1) is 0 Å². The number of nitrogens with zero attached hydrogens (tertiary/aromatic N) is 1. The van der Waals surface area contributed by atoms with Crippen molar-refractivity contribution < 1.29 is 4.74 Å². The first-order valence-corrected chi connectivity index (χ1v) is 5.86. The van der Waals surface area contributed by atoms with Crippen LogP contribution in [0, 0.1) is 0 Å². The van der Waals surface area contributed by atoms with Gasteiger partial charge in [0.1, 0.15) is 5.75 Å². The highest BCUT2D eigenvalue weighted by atomic mass is 16.5. The monoisotopic (exact) mass is 243 g/mol. The summed E-state index contributed by atoms with van der Waals surface area (Å²) < 4.78 is 5.31. The topological polar surface area (TPSA) is 60.2 Å². The summed E-state index contributed by atoms with van der Waals surface area (Å²) in [5, 5.41) is 3.29. The zero-order valence-corrected chi connectivity index (χ0v) is 10.4. The summed E-state index contributed by atoms with van der Waals surface area (Å²) in [4.78, 5) is 4.03. The number of rotatable bonds is 5. The number of benzene rings is 1. The van der Waals surface area contributed by atoms with Gasteiger partial charge in [0.25, 0.3) is 0 Å². The molecule has 0 aliphatic rings. The van der Waals surface area contributed by atoms with E-state index in [-0.39, 0.29) is 0 Å². The molecule has 0 atom stereocenters. The lowest BCUT2D eigenvalue weighted by Gasteiger charge is -2.09. The van der Waals surface area contributed by atoms with Crippen molar-refractivity contribution in [2.45, 2.75) is 6.42 Å². The first kappa shape index (κ1) is 12.2. The first-order chi connectivity index (χ1) is 8.79. The van der Waals surface area contributed by atoms with Gasteiger partial charge in [-0.2, -0.15) is 0 Å². The Balaban J connectivity index is 1.92. The number of nitrogens with two attached hydrogens (primary N) is 1. The van der Waals surface area contributed by atoms with Crippen LogP contribution in [-0.2, 0) is 6.42 Å². The van der Waals surface area contributed by atoms with Crippen molar-refractivity contribution in [3.05, 3.63) is 48.3 Å². The zero-order valence-electron chi connectivity index (χ0n) is 10.4. The molecule has 1 heterocycles. The SMILES string of the molecule is COc1ccccc1CCNc1cncc(N)c1. The maximum Gasteiger partial charge on any atom is 0.122 e. The number of para-hydroxylation sites is 1. The molecule has 0 unspecified atom stereocenters. The second-order valence-corrected chi connectivity index (χ2v) is 4.00. The third-order valence-corrected chi connectivity index (χ3v) is 2.68. The van der Waals surface area contributed by atoms with Crippen LogP contribution in [0.15, 0.2) is 42.7 Å². The molecule has 1 aromatic carbocycles. The number of hydrogen-bond donors (Lipinski definition) is 2. The van der Waals surface area contributed by atoms with Gasteiger partial charge in [-0.05, 0) is 24.1 Å². The number of methoxy groups -OCH3 is 1. The average molecular weight is 243 g/mol. The summed E-state index contributed by atoms with van der Waals surface area (Å²) in [5.41, 5.74) is 8.45. The number of ether oxygens (including phenoxy) is 1. The maximum atomic E-state index is 5.66. The Bertz CT molecular complexity index is 514. The van der Waals surface area contributed by atoms with Crippen LogP contribution in [0.5, 0.6) is 5.75 Å². The van der Waals surface area contributed by atoms with Gasteiger partial charge < -0.3 is 15.8 Å². The Morgan fingerprint density at radius 3 is 2.89 bits per heavy atom. The Labute approximate surface area is 107 Å². The second-order valence-electron chi connectivity index (χ2n) is 4.00. The van der Waals surface area contributed by atoms with Gasteiger partial charge >= 0.3 is 0 Å². The van der Waals surface area contributed by atoms with E-state index in [1.165, 1.54) is 5.56 Å². The van der Waals surface area contributed by atoms with Crippen LogP contribution in [0.3, 0.4) is 0 Å². The van der Waals surface area contributed by atoms with Crippen LogP contribution in [0.25, 0.3) is 0 Å². The van der Waals surface area contributed by atoms with Crippen LogP contribution >= 0.6 is 0 Å². The van der Waals surface area contributed by atoms with Crippen molar-refractivity contribution in [3.8, 4) is 5.75 Å². The van der Waals surface area contributed by atoms with Crippen molar-refractivity contribution in [2.75, 3.05) is 24.7 Å². The Hall–Kier alpha value is -2.23. The highest BCUT2D eigenvalue weighted by Gasteiger charge is 2.01. The Morgan fingerprint density at radius 1 is 1.28 bits per heavy atom. The van der Waals surface area contributed by atoms with Gasteiger partial charge in [0, 0.05) is 12.7 Å². The van der Waals surface area contributed by atoms with Crippen LogP contribution in [-0.4, -0.2) is 18.6 Å². The summed E-state index contributed by atoms with van der Waals surface area (Å²) in [7, 11) is 1.69. The molecule has 2 rings (SSSR count). The molecule has 0 saturated heterocycles. The fourth-order valence-corrected chi connectivity index (χ4v) is 1.81. The van der Waals surface area contributed by atoms with Crippen molar-refractivity contribution in [3.63, 3.8) is 0 Å². The summed E-state index contributed by atoms with van der Waals surface area (Å²) in [5.74, 6) is 0.921. The lowest BCUT2D eigenvalue weighted by Crippen LogP contribution is -2.06. The molecule has 3 N–H and O–H groups in total. The van der Waals surface area contributed by atoms with E-state index in [1.807, 2.05) is 24.3 Å². The molecule has 18 heavy (non-hydrogen) atoms. The number of hydrogen-bond acceptors (Lipinski definition) is 4. The number of nitrogens with one attached hydrogen (secondary N) is 1. The van der Waals surface area contributed by atoms with Gasteiger partial charge in [-0.25, -0.2) is 0 Å². The Kier molecular flexibility index (Phi) is 4.02. The van der Waals surface area contributed by atoms with Crippen LogP contribution in [0.2, 0.25) is 0 Å². The molecule has 0 fully saturated rings. The zero-order chi connectivity index (χ0) is 12.8. The normalized spacial score (nSPS) is 10.1. The van der Waals surface area contributed by atoms with Gasteiger partial charge in [-0.1, -0.05) is 18.2 Å². The second kappa shape index (κ2) is 5.91. The van der Waals surface area contributed by atoms with E-state index in [2.05, 4.69) is 16.4 Å². The van der Waals surface area contributed by atoms with E-state index in [9.17, 15) is 0 Å². The van der Waals surface area contributed by atoms with Gasteiger partial charge in [0.2, 0.25) is 0 Å². The van der Waals surface area contributed by atoms with Gasteiger partial charge in [0.15, 0.2) is 0 Å². The van der Waals surface area contributed by atoms with Crippen molar-refractivity contribution in [1.29, 1.82) is 0 Å². The lowest BCUT2D eigenvalue weighted by atomic mass is 10.1. The van der Waals surface area contributed by atoms with Crippen molar-refractivity contribution in [2.24, 2.45) is 0 Å². The summed E-state index contributed by atoms with van der Waals surface area (Å²) in [6.07, 6.45) is 4.28. The van der Waals surface area contributed by atoms with Crippen molar-refractivity contribution >= 4 is 11.4 Å². The smallest absolute Gasteiger partial charge is 0.122 e. The first-order valence-electron chi connectivity index (χ1n) is 5.86. The molecule has 0 aliphatic heterocycles. The highest BCUT2D eigenvalue weighted by molar-refractivity contribution is 5.51. The minimum Gasteiger partial charge on any atom is -0.496 e. The van der Waals surface area contributed by atoms with Crippen LogP contribution in [0.1, 0.15) is 5.56 Å². The molecule has 0 aliphatic carbocycles. The quantitative estimate of drug-likeness (QED) is 0.846. The fraction of sp³-hybridized carbons (Fsp3) is 0.214. The molecule has 4 heteroatoms. The summed E-state index contributed by atoms with van der Waals surface area (Å²) >= 11 is 0. The molecule has 0 amide bonds. The maximum absolute atomic E-state index is 5.66. The predicted octanol–water partition coefficient (Wildman–Crippen LogP) is 2.33. The third-order valence-electron chi connectivity index (χ3n) is 2.68. The third kappa shape index (κ3) is 3.13. The predicted molar refractivity (Wildman–Crippen MR) is 73.8 cm³/mol. The van der Waals surface area contributed by atoms with Crippen molar-refractivity contribution in [1.82, 2.24) is 4.98 Å². The molecule has 0 spiro atoms. The molecule has 4 nitrogen and oxygen atoms in total. The van der Waals surface area contributed by atoms with E-state index < -0.39 is 0 Å². The standard InChI is InChI=1S/C14H17N3O/c1-18-14-5-3-2-4-11(14)6-7-17-13-8-12(15)9-16-10-13/h2-5,8-10,17H,6-7,15H2,1H3. The van der Waals surface area contributed by atoms with Gasteiger partial charge in [0.05, 0.1) is 24.7 Å². The molecule has 1 aromatic heterocycles. The Morgan fingerprint density at radius 2 is 2.11 bits per heavy atom. The highest BCUT2D eigenvalue weighted by Crippen LogP contribution is 2.18. The number of aromatic nitrogens is 1. The minimum absolute atomic E-state index is 0.664. The van der Waals surface area contributed by atoms with Crippen LogP contribution < -0.4 is 15.8 Å². The van der Waals surface area contributed by atoms with E-state index in [0.717, 1.165) is 24.4 Å². The largest absolute Gasteiger partial charge is 0.496 e. The molecule has 2 aromatic rings. The molecule has 0 radical (unpaired) electrons. The van der Waals surface area contributed by atoms with Gasteiger partial charge in [-0.3, -0.25) is 4.98 Å². The molecular weight excluding hydrogens is 226 g/mol. The number of pyridine rings is 1. The average Bonchev–Trinajstić information content (AvgIpc) is 2.39. The molecule has 0 bridgehead atoms. The molecular formula is C14H17N3O. The minimum atomic E-state index is 0.664. The number of anilines is 2. The van der Waals surface area contributed by atoms with E-state index in [0.29, 0.717) is 5.69 Å². The number of nitrogen functional groups attached to an aromatic ring is 1.